The molecular weight excluding hydrogens is 274 g/mol. The molecule has 0 spiro atoms. The number of nitrogens with zero attached hydrogens (tertiary/aromatic N) is 3. The minimum atomic E-state index is -0.446. The quantitative estimate of drug-likeness (QED) is 0.262. The molecule has 0 amide bonds. The van der Waals surface area contributed by atoms with Gasteiger partial charge in [-0.25, -0.2) is 0 Å². The molecule has 0 aromatic heterocycles. The van der Waals surface area contributed by atoms with Gasteiger partial charge in [-0.05, 0) is 35.7 Å². The highest BCUT2D eigenvalue weighted by atomic mass is 35.5. The van der Waals surface area contributed by atoms with Gasteiger partial charge in [0.2, 0.25) is 5.78 Å². The first-order valence-corrected chi connectivity index (χ1v) is 6.04. The van der Waals surface area contributed by atoms with Crippen LogP contribution in [0.2, 0.25) is 5.02 Å². The van der Waals surface area contributed by atoms with Gasteiger partial charge in [-0.15, -0.1) is 0 Å². The van der Waals surface area contributed by atoms with E-state index in [-0.39, 0.29) is 11.3 Å². The van der Waals surface area contributed by atoms with Crippen molar-refractivity contribution in [1.29, 1.82) is 0 Å². The van der Waals surface area contributed by atoms with E-state index in [0.717, 1.165) is 5.56 Å². The molecule has 0 radical (unpaired) electrons. The van der Waals surface area contributed by atoms with Crippen molar-refractivity contribution in [3.63, 3.8) is 0 Å². The summed E-state index contributed by atoms with van der Waals surface area (Å²) in [5, 5.41) is 3.84. The Bertz CT molecular complexity index is 754. The molecule has 96 valence electrons. The van der Waals surface area contributed by atoms with E-state index in [4.69, 9.17) is 17.1 Å². The Morgan fingerprint density at radius 1 is 1.20 bits per heavy atom. The van der Waals surface area contributed by atoms with Gasteiger partial charge in [0.25, 0.3) is 0 Å². The first-order chi connectivity index (χ1) is 9.70. The molecule has 0 saturated carbocycles. The maximum Gasteiger partial charge on any atom is 0.236 e. The van der Waals surface area contributed by atoms with Crippen LogP contribution < -0.4 is 0 Å². The van der Waals surface area contributed by atoms with Crippen LogP contribution in [-0.2, 0) is 0 Å². The fraction of sp³-hybridized carbons (Fsp3) is 0. The van der Waals surface area contributed by atoms with Gasteiger partial charge >= 0.3 is 0 Å². The smallest absolute Gasteiger partial charge is 0.236 e. The Hall–Kier alpha value is -2.73. The summed E-state index contributed by atoms with van der Waals surface area (Å²) in [4.78, 5) is 14.7. The van der Waals surface area contributed by atoms with Gasteiger partial charge in [0.1, 0.15) is 0 Å². The lowest BCUT2D eigenvalue weighted by molar-refractivity contribution is 0.105. The van der Waals surface area contributed by atoms with Crippen molar-refractivity contribution < 1.29 is 4.79 Å². The number of benzene rings is 2. The SMILES string of the molecule is [N-]=[N+]=Nc1ccc(Cl)cc1C(=O)C#Cc1ccccc1. The van der Waals surface area contributed by atoms with Crippen LogP contribution in [0.3, 0.4) is 0 Å². The molecule has 0 aliphatic heterocycles. The summed E-state index contributed by atoms with van der Waals surface area (Å²) in [6.07, 6.45) is 0. The first kappa shape index (κ1) is 13.7. The number of carbonyl (C=O) groups is 1. The Labute approximate surface area is 120 Å². The van der Waals surface area contributed by atoms with Crippen LogP contribution in [0.5, 0.6) is 0 Å². The topological polar surface area (TPSA) is 65.8 Å². The zero-order chi connectivity index (χ0) is 14.4. The summed E-state index contributed by atoms with van der Waals surface area (Å²) >= 11 is 5.84. The Balaban J connectivity index is 2.37. The Morgan fingerprint density at radius 2 is 1.95 bits per heavy atom. The van der Waals surface area contributed by atoms with Crippen molar-refractivity contribution in [3.8, 4) is 11.8 Å². The highest BCUT2D eigenvalue weighted by molar-refractivity contribution is 6.31. The molecule has 2 rings (SSSR count). The summed E-state index contributed by atoms with van der Waals surface area (Å²) in [6.45, 7) is 0. The molecule has 0 atom stereocenters. The van der Waals surface area contributed by atoms with Crippen molar-refractivity contribution in [2.45, 2.75) is 0 Å². The molecule has 5 heteroatoms. The average Bonchev–Trinajstić information content (AvgIpc) is 2.48. The summed E-state index contributed by atoms with van der Waals surface area (Å²) < 4.78 is 0. The largest absolute Gasteiger partial charge is 0.279 e. The number of carbonyl (C=O) groups excluding carboxylic acids is 1. The molecule has 0 fully saturated rings. The Morgan fingerprint density at radius 3 is 2.65 bits per heavy atom. The summed E-state index contributed by atoms with van der Waals surface area (Å²) in [6, 6.07) is 13.6. The van der Waals surface area contributed by atoms with Crippen molar-refractivity contribution in [3.05, 3.63) is 75.1 Å². The number of ketones is 1. The number of Topliss-reactive ketones (excluding diaryl/α,β-unsaturated/α-hetero) is 1. The number of rotatable bonds is 2. The van der Waals surface area contributed by atoms with Gasteiger partial charge in [-0.1, -0.05) is 46.9 Å². The Kier molecular flexibility index (Phi) is 4.41. The van der Waals surface area contributed by atoms with Crippen LogP contribution in [0, 0.1) is 11.8 Å². The van der Waals surface area contributed by atoms with Gasteiger partial charge in [0.15, 0.2) is 0 Å². The van der Waals surface area contributed by atoms with Crippen LogP contribution in [-0.4, -0.2) is 5.78 Å². The molecule has 0 heterocycles. The van der Waals surface area contributed by atoms with Gasteiger partial charge in [-0.2, -0.15) is 0 Å². The molecular formula is C15H8ClN3O. The normalized spacial score (nSPS) is 9.05. The second-order valence-electron chi connectivity index (χ2n) is 3.80. The third kappa shape index (κ3) is 3.39. The molecule has 0 unspecified atom stereocenters. The van der Waals surface area contributed by atoms with Gasteiger partial charge in [0, 0.05) is 26.7 Å². The molecule has 2 aromatic carbocycles. The minimum Gasteiger partial charge on any atom is -0.279 e. The van der Waals surface area contributed by atoms with E-state index in [0.29, 0.717) is 5.02 Å². The fourth-order valence-electron chi connectivity index (χ4n) is 1.54. The third-order valence-electron chi connectivity index (χ3n) is 2.45. The summed E-state index contributed by atoms with van der Waals surface area (Å²) in [7, 11) is 0. The minimum absolute atomic E-state index is 0.193. The van der Waals surface area contributed by atoms with Gasteiger partial charge in [-0.3, -0.25) is 4.79 Å². The second kappa shape index (κ2) is 6.44. The molecule has 0 N–H and O–H groups in total. The van der Waals surface area contributed by atoms with Crippen molar-refractivity contribution >= 4 is 23.1 Å². The summed E-state index contributed by atoms with van der Waals surface area (Å²) in [5.41, 5.74) is 9.62. The second-order valence-corrected chi connectivity index (χ2v) is 4.23. The van der Waals surface area contributed by atoms with Crippen LogP contribution >= 0.6 is 11.6 Å². The molecule has 20 heavy (non-hydrogen) atoms. The van der Waals surface area contributed by atoms with E-state index in [1.54, 1.807) is 18.2 Å². The molecule has 0 saturated heterocycles. The van der Waals surface area contributed by atoms with Crippen LogP contribution in [0.15, 0.2) is 53.6 Å². The summed E-state index contributed by atoms with van der Waals surface area (Å²) in [5.74, 6) is 4.82. The zero-order valence-electron chi connectivity index (χ0n) is 10.2. The number of hydrogen-bond acceptors (Lipinski definition) is 2. The number of azide groups is 1. The van der Waals surface area contributed by atoms with Crippen LogP contribution in [0.1, 0.15) is 15.9 Å². The predicted molar refractivity (Wildman–Crippen MR) is 77.9 cm³/mol. The average molecular weight is 282 g/mol. The third-order valence-corrected chi connectivity index (χ3v) is 2.68. The van der Waals surface area contributed by atoms with Crippen LogP contribution in [0.25, 0.3) is 10.4 Å². The monoisotopic (exact) mass is 281 g/mol. The van der Waals surface area contributed by atoms with Crippen LogP contribution in [0.4, 0.5) is 5.69 Å². The van der Waals surface area contributed by atoms with E-state index >= 15 is 0 Å². The molecule has 0 aliphatic rings. The number of hydrogen-bond donors (Lipinski definition) is 0. The molecule has 0 bridgehead atoms. The van der Waals surface area contributed by atoms with E-state index in [1.807, 2.05) is 18.2 Å². The van der Waals surface area contributed by atoms with Crippen molar-refractivity contribution in [2.75, 3.05) is 0 Å². The first-order valence-electron chi connectivity index (χ1n) is 5.67. The van der Waals surface area contributed by atoms with Crippen molar-refractivity contribution in [2.24, 2.45) is 5.11 Å². The maximum absolute atomic E-state index is 12.1. The zero-order valence-corrected chi connectivity index (χ0v) is 11.0. The highest BCUT2D eigenvalue weighted by Gasteiger charge is 2.08. The van der Waals surface area contributed by atoms with Crippen molar-refractivity contribution in [1.82, 2.24) is 0 Å². The lowest BCUT2D eigenvalue weighted by Crippen LogP contribution is -1.95. The van der Waals surface area contributed by atoms with E-state index < -0.39 is 5.78 Å². The lowest BCUT2D eigenvalue weighted by atomic mass is 10.1. The highest BCUT2D eigenvalue weighted by Crippen LogP contribution is 2.23. The standard InChI is InChI=1S/C15H8ClN3O/c16-12-7-8-14(18-19-17)13(10-12)15(20)9-6-11-4-2-1-3-5-11/h1-5,7-8,10H. The van der Waals surface area contributed by atoms with E-state index in [2.05, 4.69) is 21.9 Å². The molecule has 2 aromatic rings. The van der Waals surface area contributed by atoms with Gasteiger partial charge < -0.3 is 0 Å². The lowest BCUT2D eigenvalue weighted by Gasteiger charge is -2.00. The predicted octanol–water partition coefficient (Wildman–Crippen LogP) is 4.52. The molecule has 4 nitrogen and oxygen atoms in total. The van der Waals surface area contributed by atoms with E-state index in [1.165, 1.54) is 12.1 Å². The van der Waals surface area contributed by atoms with Gasteiger partial charge in [0.05, 0.1) is 0 Å². The fourth-order valence-corrected chi connectivity index (χ4v) is 1.72. The maximum atomic E-state index is 12.1. The van der Waals surface area contributed by atoms with E-state index in [9.17, 15) is 4.79 Å². The number of halogens is 1. The molecule has 0 aliphatic carbocycles.